The van der Waals surface area contributed by atoms with E-state index < -0.39 is 0 Å². The first-order valence-corrected chi connectivity index (χ1v) is 9.31. The molecule has 144 valence electrons. The van der Waals surface area contributed by atoms with Gasteiger partial charge < -0.3 is 19.5 Å². The van der Waals surface area contributed by atoms with E-state index in [1.807, 2.05) is 18.2 Å². The average molecular weight is 381 g/mol. The Hall–Kier alpha value is -1.90. The zero-order chi connectivity index (χ0) is 18.6. The number of methoxy groups -OCH3 is 1. The Morgan fingerprint density at radius 2 is 2.15 bits per heavy atom. The third-order valence-corrected chi connectivity index (χ3v) is 4.08. The number of hydrogen-bond donors (Lipinski definition) is 2. The predicted octanol–water partition coefficient (Wildman–Crippen LogP) is 1.61. The molecule has 2 rings (SSSR count). The molecule has 1 saturated heterocycles. The Kier molecular flexibility index (Phi) is 9.16. The fourth-order valence-electron chi connectivity index (χ4n) is 2.45. The van der Waals surface area contributed by atoms with E-state index in [2.05, 4.69) is 27.7 Å². The van der Waals surface area contributed by atoms with Crippen molar-refractivity contribution >= 4 is 23.5 Å². The number of benzene rings is 1. The van der Waals surface area contributed by atoms with Gasteiger partial charge in [-0.3, -0.25) is 10.3 Å². The van der Waals surface area contributed by atoms with Gasteiger partial charge in [0.05, 0.1) is 33.1 Å². The molecule has 7 nitrogen and oxygen atoms in total. The van der Waals surface area contributed by atoms with Crippen molar-refractivity contribution in [2.75, 3.05) is 53.1 Å². The molecule has 0 saturated carbocycles. The van der Waals surface area contributed by atoms with E-state index >= 15 is 0 Å². The maximum Gasteiger partial charge on any atom is 0.187 e. The summed E-state index contributed by atoms with van der Waals surface area (Å²) in [6, 6.07) is 5.69. The maximum atomic E-state index is 5.64. The van der Waals surface area contributed by atoms with E-state index in [0.717, 1.165) is 57.1 Å². The minimum absolute atomic E-state index is 0.504. The monoisotopic (exact) mass is 380 g/mol. The molecule has 1 aromatic rings. The largest absolute Gasteiger partial charge is 0.493 e. The molecule has 1 aromatic carbocycles. The van der Waals surface area contributed by atoms with Gasteiger partial charge in [-0.25, -0.2) is 0 Å². The summed E-state index contributed by atoms with van der Waals surface area (Å²) in [5.74, 6) is 1.42. The first-order chi connectivity index (χ1) is 12.7. The molecule has 0 atom stereocenters. The quantitative estimate of drug-likeness (QED) is 0.383. The second-order valence-electron chi connectivity index (χ2n) is 5.84. The normalized spacial score (nSPS) is 15.0. The number of thiocarbonyl (C=S) groups is 1. The van der Waals surface area contributed by atoms with Crippen molar-refractivity contribution in [1.82, 2.24) is 15.6 Å². The molecule has 1 aliphatic heterocycles. The van der Waals surface area contributed by atoms with Gasteiger partial charge in [-0.1, -0.05) is 6.92 Å². The van der Waals surface area contributed by atoms with Gasteiger partial charge in [-0.15, -0.1) is 0 Å². The SMILES string of the molecule is CCCOc1ccc(C=NNC(=S)NCCN2CCOCC2)cc1OC. The van der Waals surface area contributed by atoms with Gasteiger partial charge in [0.25, 0.3) is 0 Å². The Labute approximate surface area is 160 Å². The molecule has 0 radical (unpaired) electrons. The van der Waals surface area contributed by atoms with Crippen molar-refractivity contribution in [2.24, 2.45) is 5.10 Å². The standard InChI is InChI=1S/C18H28N4O3S/c1-3-10-25-16-5-4-15(13-17(16)23-2)14-20-21-18(26)19-6-7-22-8-11-24-12-9-22/h4-5,13-14H,3,6-12H2,1-2H3,(H2,19,21,26). The van der Waals surface area contributed by atoms with Crippen LogP contribution in [-0.4, -0.2) is 69.3 Å². The van der Waals surface area contributed by atoms with E-state index in [9.17, 15) is 0 Å². The first-order valence-electron chi connectivity index (χ1n) is 8.90. The summed E-state index contributed by atoms with van der Waals surface area (Å²) in [6.07, 6.45) is 2.65. The van der Waals surface area contributed by atoms with Gasteiger partial charge >= 0.3 is 0 Å². The summed E-state index contributed by atoms with van der Waals surface area (Å²) in [7, 11) is 1.63. The topological polar surface area (TPSA) is 67.4 Å². The number of hydrogen-bond acceptors (Lipinski definition) is 6. The Balaban J connectivity index is 1.73. The zero-order valence-corrected chi connectivity index (χ0v) is 16.3. The minimum Gasteiger partial charge on any atom is -0.493 e. The van der Waals surface area contributed by atoms with E-state index in [1.165, 1.54) is 0 Å². The average Bonchev–Trinajstić information content (AvgIpc) is 2.67. The molecule has 0 spiro atoms. The van der Waals surface area contributed by atoms with E-state index in [-0.39, 0.29) is 0 Å². The molecular formula is C18H28N4O3S. The van der Waals surface area contributed by atoms with Crippen LogP contribution < -0.4 is 20.2 Å². The molecule has 0 unspecified atom stereocenters. The summed E-state index contributed by atoms with van der Waals surface area (Å²) in [5, 5.41) is 7.82. The summed E-state index contributed by atoms with van der Waals surface area (Å²) in [6.45, 7) is 7.99. The zero-order valence-electron chi connectivity index (χ0n) is 15.5. The molecule has 1 aliphatic rings. The van der Waals surface area contributed by atoms with Gasteiger partial charge in [-0.2, -0.15) is 5.10 Å². The minimum atomic E-state index is 0.504. The third kappa shape index (κ3) is 7.15. The van der Waals surface area contributed by atoms with Crippen LogP contribution in [0.2, 0.25) is 0 Å². The fraction of sp³-hybridized carbons (Fsp3) is 0.556. The van der Waals surface area contributed by atoms with Crippen molar-refractivity contribution in [3.63, 3.8) is 0 Å². The Morgan fingerprint density at radius 1 is 1.35 bits per heavy atom. The van der Waals surface area contributed by atoms with E-state index in [1.54, 1.807) is 13.3 Å². The van der Waals surface area contributed by atoms with Gasteiger partial charge in [0, 0.05) is 26.2 Å². The highest BCUT2D eigenvalue weighted by molar-refractivity contribution is 7.80. The predicted molar refractivity (Wildman–Crippen MR) is 107 cm³/mol. The molecule has 26 heavy (non-hydrogen) atoms. The molecule has 0 bridgehead atoms. The van der Waals surface area contributed by atoms with Crippen LogP contribution in [0.3, 0.4) is 0 Å². The number of nitrogens with zero attached hydrogens (tertiary/aromatic N) is 2. The molecule has 1 fully saturated rings. The summed E-state index contributed by atoms with van der Waals surface area (Å²) in [5.41, 5.74) is 3.73. The lowest BCUT2D eigenvalue weighted by atomic mass is 10.2. The van der Waals surface area contributed by atoms with Crippen LogP contribution in [0.1, 0.15) is 18.9 Å². The third-order valence-electron chi connectivity index (χ3n) is 3.85. The number of ether oxygens (including phenoxy) is 3. The number of hydrazone groups is 1. The molecule has 2 N–H and O–H groups in total. The second-order valence-corrected chi connectivity index (χ2v) is 6.25. The maximum absolute atomic E-state index is 5.64. The van der Waals surface area contributed by atoms with Gasteiger partial charge in [0.15, 0.2) is 16.6 Å². The van der Waals surface area contributed by atoms with Crippen LogP contribution in [0.4, 0.5) is 0 Å². The summed E-state index contributed by atoms with van der Waals surface area (Å²) >= 11 is 5.23. The highest BCUT2D eigenvalue weighted by Gasteiger charge is 2.09. The van der Waals surface area contributed by atoms with E-state index in [4.69, 9.17) is 26.4 Å². The summed E-state index contributed by atoms with van der Waals surface area (Å²) < 4.78 is 16.3. The van der Waals surface area contributed by atoms with Gasteiger partial charge in [0.2, 0.25) is 0 Å². The highest BCUT2D eigenvalue weighted by atomic mass is 32.1. The van der Waals surface area contributed by atoms with E-state index in [0.29, 0.717) is 17.5 Å². The van der Waals surface area contributed by atoms with Crippen molar-refractivity contribution in [3.05, 3.63) is 23.8 Å². The second kappa shape index (κ2) is 11.7. The first kappa shape index (κ1) is 20.4. The Morgan fingerprint density at radius 3 is 2.88 bits per heavy atom. The van der Waals surface area contributed by atoms with Crippen molar-refractivity contribution < 1.29 is 14.2 Å². The molecule has 1 heterocycles. The van der Waals surface area contributed by atoms with Crippen molar-refractivity contribution in [3.8, 4) is 11.5 Å². The van der Waals surface area contributed by atoms with Crippen LogP contribution in [0.25, 0.3) is 0 Å². The van der Waals surface area contributed by atoms with Crippen LogP contribution in [0.5, 0.6) is 11.5 Å². The molecule has 0 amide bonds. The molecule has 8 heteroatoms. The number of morpholine rings is 1. The summed E-state index contributed by atoms with van der Waals surface area (Å²) in [4.78, 5) is 2.34. The van der Waals surface area contributed by atoms with Gasteiger partial charge in [-0.05, 0) is 42.4 Å². The lowest BCUT2D eigenvalue weighted by Gasteiger charge is -2.26. The van der Waals surface area contributed by atoms with Crippen molar-refractivity contribution in [1.29, 1.82) is 0 Å². The fourth-order valence-corrected chi connectivity index (χ4v) is 2.61. The lowest BCUT2D eigenvalue weighted by molar-refractivity contribution is 0.0389. The van der Waals surface area contributed by atoms with Crippen LogP contribution in [-0.2, 0) is 4.74 Å². The molecule has 0 aromatic heterocycles. The molecular weight excluding hydrogens is 352 g/mol. The smallest absolute Gasteiger partial charge is 0.187 e. The van der Waals surface area contributed by atoms with Crippen LogP contribution in [0, 0.1) is 0 Å². The number of nitrogens with one attached hydrogen (secondary N) is 2. The van der Waals surface area contributed by atoms with Crippen LogP contribution >= 0.6 is 12.2 Å². The Bertz CT molecular complexity index is 592. The molecule has 0 aliphatic carbocycles. The van der Waals surface area contributed by atoms with Crippen LogP contribution in [0.15, 0.2) is 23.3 Å². The van der Waals surface area contributed by atoms with Crippen molar-refractivity contribution in [2.45, 2.75) is 13.3 Å². The number of rotatable bonds is 9. The van der Waals surface area contributed by atoms with Gasteiger partial charge in [0.1, 0.15) is 0 Å². The highest BCUT2D eigenvalue weighted by Crippen LogP contribution is 2.27. The lowest BCUT2D eigenvalue weighted by Crippen LogP contribution is -2.42.